The van der Waals surface area contributed by atoms with Crippen molar-refractivity contribution in [1.29, 1.82) is 0 Å². The molecule has 98 valence electrons. The van der Waals surface area contributed by atoms with Gasteiger partial charge in [-0.3, -0.25) is 0 Å². The normalized spacial score (nSPS) is 8.33. The van der Waals surface area contributed by atoms with Crippen LogP contribution >= 0.6 is 0 Å². The van der Waals surface area contributed by atoms with Crippen molar-refractivity contribution in [3.8, 4) is 0 Å². The van der Waals surface area contributed by atoms with Crippen LogP contribution in [0.5, 0.6) is 0 Å². The highest BCUT2D eigenvalue weighted by Gasteiger charge is 1.75. The van der Waals surface area contributed by atoms with Gasteiger partial charge in [-0.1, -0.05) is 112 Å². The Hall–Kier alpha value is -1.56. The number of benzene rings is 2. The zero-order valence-electron chi connectivity index (χ0n) is 11.8. The molecule has 0 unspecified atom stereocenters. The summed E-state index contributed by atoms with van der Waals surface area (Å²) in [4.78, 5) is 0. The molecule has 0 N–H and O–H groups in total. The molecule has 0 saturated carbocycles. The predicted octanol–water partition coefficient (Wildman–Crippen LogP) is 5.96. The van der Waals surface area contributed by atoms with Gasteiger partial charge in [0.25, 0.3) is 0 Å². The van der Waals surface area contributed by atoms with Crippen LogP contribution in [0.4, 0.5) is 0 Å². The molecule has 18 heavy (non-hydrogen) atoms. The third kappa shape index (κ3) is 14.4. The van der Waals surface area contributed by atoms with Gasteiger partial charge in [0.1, 0.15) is 0 Å². The maximum atomic E-state index is 2.23. The van der Waals surface area contributed by atoms with Gasteiger partial charge in [-0.15, -0.1) is 0 Å². The van der Waals surface area contributed by atoms with Crippen LogP contribution in [0.1, 0.15) is 39.5 Å². The summed E-state index contributed by atoms with van der Waals surface area (Å²) in [5.41, 5.74) is 0. The standard InChI is InChI=1S/2C6H6.C6H14/c2*1-2-4-6-5-3-1;1-3-5-6-4-2/h2*1-6H;3-6H2,1-2H3. The topological polar surface area (TPSA) is 0 Å². The molecule has 0 atom stereocenters. The Bertz CT molecular complexity index is 223. The fourth-order valence-electron chi connectivity index (χ4n) is 1.27. The first-order valence-corrected chi connectivity index (χ1v) is 6.91. The smallest absolute Gasteiger partial charge is 0.0536 e. The molecule has 0 radical (unpaired) electrons. The minimum Gasteiger partial charge on any atom is -0.0654 e. The molecule has 2 aromatic carbocycles. The average molecular weight is 242 g/mol. The first-order valence-electron chi connectivity index (χ1n) is 6.91. The van der Waals surface area contributed by atoms with Crippen LogP contribution in [-0.2, 0) is 0 Å². The number of hydrogen-bond acceptors (Lipinski definition) is 0. The molecule has 0 amide bonds. The molecule has 0 saturated heterocycles. The minimum atomic E-state index is 1.36. The van der Waals surface area contributed by atoms with Crippen LogP contribution in [0.15, 0.2) is 72.8 Å². The lowest BCUT2D eigenvalue weighted by molar-refractivity contribution is 0.702. The molecule has 0 aliphatic carbocycles. The van der Waals surface area contributed by atoms with Crippen molar-refractivity contribution in [3.63, 3.8) is 0 Å². The van der Waals surface area contributed by atoms with E-state index in [0.717, 1.165) is 0 Å². The van der Waals surface area contributed by atoms with Crippen molar-refractivity contribution in [2.24, 2.45) is 0 Å². The fourth-order valence-corrected chi connectivity index (χ4v) is 1.27. The van der Waals surface area contributed by atoms with Crippen molar-refractivity contribution in [2.75, 3.05) is 0 Å². The average Bonchev–Trinajstić information content (AvgIpc) is 2.50. The van der Waals surface area contributed by atoms with Gasteiger partial charge in [-0.25, -0.2) is 0 Å². The summed E-state index contributed by atoms with van der Waals surface area (Å²) in [5.74, 6) is 0. The molecule has 0 fully saturated rings. The summed E-state index contributed by atoms with van der Waals surface area (Å²) >= 11 is 0. The molecule has 0 nitrogen and oxygen atoms in total. The largest absolute Gasteiger partial charge is 0.0654 e. The van der Waals surface area contributed by atoms with E-state index in [0.29, 0.717) is 0 Å². The van der Waals surface area contributed by atoms with E-state index in [-0.39, 0.29) is 0 Å². The lowest BCUT2D eigenvalue weighted by Crippen LogP contribution is -1.66. The highest BCUT2D eigenvalue weighted by Crippen LogP contribution is 1.95. The third-order valence-electron chi connectivity index (χ3n) is 2.29. The van der Waals surface area contributed by atoms with E-state index < -0.39 is 0 Å². The van der Waals surface area contributed by atoms with Gasteiger partial charge < -0.3 is 0 Å². The monoisotopic (exact) mass is 242 g/mol. The Kier molecular flexibility index (Phi) is 14.1. The van der Waals surface area contributed by atoms with E-state index in [1.165, 1.54) is 25.7 Å². The summed E-state index contributed by atoms with van der Waals surface area (Å²) in [5, 5.41) is 0. The molecule has 0 aliphatic heterocycles. The van der Waals surface area contributed by atoms with Gasteiger partial charge in [-0.05, 0) is 0 Å². The van der Waals surface area contributed by atoms with Gasteiger partial charge >= 0.3 is 0 Å². The highest BCUT2D eigenvalue weighted by molar-refractivity contribution is 4.99. The molecular formula is C18H26. The van der Waals surface area contributed by atoms with Crippen molar-refractivity contribution in [3.05, 3.63) is 72.8 Å². The molecular weight excluding hydrogens is 216 g/mol. The maximum absolute atomic E-state index is 2.23. The van der Waals surface area contributed by atoms with Crippen molar-refractivity contribution < 1.29 is 0 Å². The molecule has 0 heteroatoms. The van der Waals surface area contributed by atoms with Crippen LogP contribution in [-0.4, -0.2) is 0 Å². The van der Waals surface area contributed by atoms with Gasteiger partial charge in [0.2, 0.25) is 0 Å². The first-order chi connectivity index (χ1) is 8.91. The van der Waals surface area contributed by atoms with E-state index in [1.807, 2.05) is 72.8 Å². The quantitative estimate of drug-likeness (QED) is 0.582. The number of rotatable bonds is 3. The lowest BCUT2D eigenvalue weighted by Gasteiger charge is -1.86. The van der Waals surface area contributed by atoms with Gasteiger partial charge in [0, 0.05) is 0 Å². The molecule has 0 spiro atoms. The van der Waals surface area contributed by atoms with E-state index in [2.05, 4.69) is 13.8 Å². The van der Waals surface area contributed by atoms with Crippen molar-refractivity contribution in [2.45, 2.75) is 39.5 Å². The molecule has 0 aromatic heterocycles. The van der Waals surface area contributed by atoms with Gasteiger partial charge in [0.15, 0.2) is 0 Å². The van der Waals surface area contributed by atoms with Crippen molar-refractivity contribution in [1.82, 2.24) is 0 Å². The van der Waals surface area contributed by atoms with Gasteiger partial charge in [-0.2, -0.15) is 0 Å². The summed E-state index contributed by atoms with van der Waals surface area (Å²) in [6.45, 7) is 4.46. The van der Waals surface area contributed by atoms with E-state index in [4.69, 9.17) is 0 Å². The summed E-state index contributed by atoms with van der Waals surface area (Å²) < 4.78 is 0. The summed E-state index contributed by atoms with van der Waals surface area (Å²) in [6.07, 6.45) is 5.54. The van der Waals surface area contributed by atoms with Gasteiger partial charge in [0.05, 0.1) is 0 Å². The Morgan fingerprint density at radius 3 is 0.667 bits per heavy atom. The molecule has 2 aromatic rings. The first kappa shape index (κ1) is 16.4. The van der Waals surface area contributed by atoms with Crippen LogP contribution in [0, 0.1) is 0 Å². The predicted molar refractivity (Wildman–Crippen MR) is 82.7 cm³/mol. The second-order valence-electron chi connectivity index (χ2n) is 4.02. The molecule has 0 aliphatic rings. The minimum absolute atomic E-state index is 1.36. The number of unbranched alkanes of at least 4 members (excludes halogenated alkanes) is 3. The Balaban J connectivity index is 0.000000241. The Morgan fingerprint density at radius 1 is 0.389 bits per heavy atom. The van der Waals surface area contributed by atoms with E-state index in [1.54, 1.807) is 0 Å². The molecule has 0 bridgehead atoms. The van der Waals surface area contributed by atoms with E-state index >= 15 is 0 Å². The molecule has 2 rings (SSSR count). The second-order valence-corrected chi connectivity index (χ2v) is 4.02. The summed E-state index contributed by atoms with van der Waals surface area (Å²) in [7, 11) is 0. The zero-order valence-corrected chi connectivity index (χ0v) is 11.8. The van der Waals surface area contributed by atoms with Crippen LogP contribution in [0.3, 0.4) is 0 Å². The van der Waals surface area contributed by atoms with Crippen LogP contribution < -0.4 is 0 Å². The van der Waals surface area contributed by atoms with E-state index in [9.17, 15) is 0 Å². The SMILES string of the molecule is CCCCCC.c1ccccc1.c1ccccc1. The van der Waals surface area contributed by atoms with Crippen molar-refractivity contribution >= 4 is 0 Å². The maximum Gasteiger partial charge on any atom is -0.0536 e. The second kappa shape index (κ2) is 15.4. The van der Waals surface area contributed by atoms with Crippen LogP contribution in [0.25, 0.3) is 0 Å². The van der Waals surface area contributed by atoms with Crippen LogP contribution in [0.2, 0.25) is 0 Å². The number of hydrogen-bond donors (Lipinski definition) is 0. The Morgan fingerprint density at radius 2 is 0.556 bits per heavy atom. The Labute approximate surface area is 113 Å². The summed E-state index contributed by atoms with van der Waals surface area (Å²) in [6, 6.07) is 24.0. The lowest BCUT2D eigenvalue weighted by atomic mass is 10.2. The highest BCUT2D eigenvalue weighted by atomic mass is 13.8. The third-order valence-corrected chi connectivity index (χ3v) is 2.29. The fraction of sp³-hybridized carbons (Fsp3) is 0.333. The molecule has 0 heterocycles. The zero-order chi connectivity index (χ0) is 13.3.